The van der Waals surface area contributed by atoms with Crippen molar-refractivity contribution in [3.8, 4) is 5.75 Å². The lowest BCUT2D eigenvalue weighted by atomic mass is 10.1. The number of fused-ring (bicyclic) bond motifs is 1. The van der Waals surface area contributed by atoms with Crippen molar-refractivity contribution in [2.24, 2.45) is 4.99 Å². The van der Waals surface area contributed by atoms with Crippen LogP contribution in [0, 0.1) is 0 Å². The molecular weight excluding hydrogens is 288 g/mol. The highest BCUT2D eigenvalue weighted by molar-refractivity contribution is 5.79. The summed E-state index contributed by atoms with van der Waals surface area (Å²) in [6.45, 7) is 11.8. The molecule has 0 aliphatic carbocycles. The first-order chi connectivity index (χ1) is 11.0. The van der Waals surface area contributed by atoms with Crippen LogP contribution in [0.3, 0.4) is 0 Å². The van der Waals surface area contributed by atoms with E-state index in [1.54, 1.807) is 0 Å². The smallest absolute Gasteiger partial charge is 0.191 e. The molecule has 0 spiro atoms. The Hall–Kier alpha value is -1.75. The number of ether oxygens (including phenoxy) is 1. The standard InChI is InChI=1S/C18H30N4O/c1-5-19-17(20-10-11-22-18(2,3)4)21-13-15-12-14-8-6-7-9-16(14)23-15/h6-9,15,22H,5,10-13H2,1-4H3,(H2,19,20,21). The van der Waals surface area contributed by atoms with E-state index in [0.717, 1.165) is 37.8 Å². The molecular formula is C18H30N4O. The molecule has 0 fully saturated rings. The van der Waals surface area contributed by atoms with E-state index in [1.807, 2.05) is 12.1 Å². The molecule has 0 aromatic heterocycles. The van der Waals surface area contributed by atoms with Crippen LogP contribution in [-0.2, 0) is 6.42 Å². The number of aliphatic imine (C=N–C) groups is 1. The molecule has 5 nitrogen and oxygen atoms in total. The molecule has 2 rings (SSSR count). The molecule has 1 aromatic rings. The van der Waals surface area contributed by atoms with Crippen LogP contribution in [0.5, 0.6) is 5.75 Å². The average Bonchev–Trinajstić information content (AvgIpc) is 2.90. The number of rotatable bonds is 6. The molecule has 3 N–H and O–H groups in total. The molecule has 128 valence electrons. The first kappa shape index (κ1) is 17.6. The van der Waals surface area contributed by atoms with Crippen molar-refractivity contribution in [3.63, 3.8) is 0 Å². The monoisotopic (exact) mass is 318 g/mol. The summed E-state index contributed by atoms with van der Waals surface area (Å²) in [6, 6.07) is 8.22. The van der Waals surface area contributed by atoms with Gasteiger partial charge in [0.25, 0.3) is 0 Å². The number of hydrogen-bond acceptors (Lipinski definition) is 3. The van der Waals surface area contributed by atoms with Gasteiger partial charge in [-0.15, -0.1) is 0 Å². The summed E-state index contributed by atoms with van der Waals surface area (Å²) in [5.74, 6) is 1.85. The van der Waals surface area contributed by atoms with E-state index >= 15 is 0 Å². The van der Waals surface area contributed by atoms with Gasteiger partial charge in [0.05, 0.1) is 6.54 Å². The highest BCUT2D eigenvalue weighted by Crippen LogP contribution is 2.28. The third-order valence-corrected chi connectivity index (χ3v) is 3.58. The zero-order valence-electron chi connectivity index (χ0n) is 14.8. The lowest BCUT2D eigenvalue weighted by Crippen LogP contribution is -2.44. The van der Waals surface area contributed by atoms with Crippen LogP contribution in [0.4, 0.5) is 0 Å². The van der Waals surface area contributed by atoms with Crippen molar-refractivity contribution in [2.45, 2.75) is 45.8 Å². The molecule has 0 saturated heterocycles. The maximum Gasteiger partial charge on any atom is 0.191 e. The van der Waals surface area contributed by atoms with Gasteiger partial charge >= 0.3 is 0 Å². The Kier molecular flexibility index (Phi) is 6.28. The normalized spacial score (nSPS) is 17.6. The number of guanidine groups is 1. The van der Waals surface area contributed by atoms with Crippen molar-refractivity contribution in [1.82, 2.24) is 16.0 Å². The fraction of sp³-hybridized carbons (Fsp3) is 0.611. The van der Waals surface area contributed by atoms with Crippen molar-refractivity contribution in [2.75, 3.05) is 26.2 Å². The summed E-state index contributed by atoms with van der Waals surface area (Å²) < 4.78 is 5.93. The van der Waals surface area contributed by atoms with Crippen LogP contribution in [0.25, 0.3) is 0 Å². The van der Waals surface area contributed by atoms with E-state index in [-0.39, 0.29) is 11.6 Å². The Morgan fingerprint density at radius 1 is 1.22 bits per heavy atom. The van der Waals surface area contributed by atoms with Crippen molar-refractivity contribution in [3.05, 3.63) is 29.8 Å². The Balaban J connectivity index is 1.78. The molecule has 1 aromatic carbocycles. The van der Waals surface area contributed by atoms with Gasteiger partial charge < -0.3 is 20.7 Å². The molecule has 0 bridgehead atoms. The second-order valence-electron chi connectivity index (χ2n) is 6.87. The first-order valence-electron chi connectivity index (χ1n) is 8.49. The summed E-state index contributed by atoms with van der Waals surface area (Å²) in [5.41, 5.74) is 1.42. The first-order valence-corrected chi connectivity index (χ1v) is 8.49. The van der Waals surface area contributed by atoms with Crippen LogP contribution in [-0.4, -0.2) is 43.8 Å². The third kappa shape index (κ3) is 6.10. The van der Waals surface area contributed by atoms with Gasteiger partial charge in [-0.2, -0.15) is 0 Å². The molecule has 1 atom stereocenters. The van der Waals surface area contributed by atoms with Gasteiger partial charge in [0, 0.05) is 31.6 Å². The van der Waals surface area contributed by atoms with Gasteiger partial charge in [-0.1, -0.05) is 18.2 Å². The molecule has 23 heavy (non-hydrogen) atoms. The Morgan fingerprint density at radius 2 is 2.00 bits per heavy atom. The van der Waals surface area contributed by atoms with Gasteiger partial charge in [0.15, 0.2) is 5.96 Å². The summed E-state index contributed by atoms with van der Waals surface area (Å²) in [4.78, 5) is 4.65. The van der Waals surface area contributed by atoms with Gasteiger partial charge in [-0.3, -0.25) is 0 Å². The van der Waals surface area contributed by atoms with Gasteiger partial charge in [-0.25, -0.2) is 4.99 Å². The van der Waals surface area contributed by atoms with Crippen LogP contribution in [0.15, 0.2) is 29.3 Å². The van der Waals surface area contributed by atoms with E-state index in [9.17, 15) is 0 Å². The van der Waals surface area contributed by atoms with E-state index in [4.69, 9.17) is 4.74 Å². The number of para-hydroxylation sites is 1. The Morgan fingerprint density at radius 3 is 2.70 bits per heavy atom. The maximum atomic E-state index is 5.93. The summed E-state index contributed by atoms with van der Waals surface area (Å²) in [6.07, 6.45) is 1.07. The summed E-state index contributed by atoms with van der Waals surface area (Å²) in [5, 5.41) is 10.1. The second-order valence-corrected chi connectivity index (χ2v) is 6.87. The highest BCUT2D eigenvalue weighted by Gasteiger charge is 2.21. The molecule has 0 radical (unpaired) electrons. The topological polar surface area (TPSA) is 57.7 Å². The SMILES string of the molecule is CCNC(=NCC1Cc2ccccc2O1)NCCNC(C)(C)C. The molecule has 1 aliphatic heterocycles. The molecule has 1 heterocycles. The van der Waals surface area contributed by atoms with Crippen molar-refractivity contribution < 1.29 is 4.74 Å². The van der Waals surface area contributed by atoms with Gasteiger partial charge in [0.2, 0.25) is 0 Å². The van der Waals surface area contributed by atoms with Gasteiger partial charge in [0.1, 0.15) is 11.9 Å². The minimum Gasteiger partial charge on any atom is -0.488 e. The number of benzene rings is 1. The number of nitrogens with one attached hydrogen (secondary N) is 3. The minimum absolute atomic E-state index is 0.135. The number of hydrogen-bond donors (Lipinski definition) is 3. The minimum atomic E-state index is 0.135. The quantitative estimate of drug-likeness (QED) is 0.426. The zero-order chi connectivity index (χ0) is 16.7. The van der Waals surface area contributed by atoms with Crippen LogP contribution in [0.2, 0.25) is 0 Å². The van der Waals surface area contributed by atoms with E-state index in [0.29, 0.717) is 6.54 Å². The molecule has 5 heteroatoms. The maximum absolute atomic E-state index is 5.93. The molecule has 0 amide bonds. The molecule has 1 aliphatic rings. The van der Waals surface area contributed by atoms with E-state index < -0.39 is 0 Å². The largest absolute Gasteiger partial charge is 0.488 e. The van der Waals surface area contributed by atoms with Gasteiger partial charge in [-0.05, 0) is 39.3 Å². The Bertz CT molecular complexity index is 497. The molecule has 1 unspecified atom stereocenters. The van der Waals surface area contributed by atoms with E-state index in [2.05, 4.69) is 60.8 Å². The molecule has 0 saturated carbocycles. The number of nitrogens with zero attached hydrogens (tertiary/aromatic N) is 1. The lowest BCUT2D eigenvalue weighted by Gasteiger charge is -2.21. The Labute approximate surface area is 139 Å². The predicted molar refractivity (Wildman–Crippen MR) is 96.3 cm³/mol. The van der Waals surface area contributed by atoms with Crippen molar-refractivity contribution >= 4 is 5.96 Å². The van der Waals surface area contributed by atoms with Crippen LogP contribution >= 0.6 is 0 Å². The highest BCUT2D eigenvalue weighted by atomic mass is 16.5. The van der Waals surface area contributed by atoms with Crippen molar-refractivity contribution in [1.29, 1.82) is 0 Å². The fourth-order valence-electron chi connectivity index (χ4n) is 2.51. The zero-order valence-corrected chi connectivity index (χ0v) is 14.8. The fourth-order valence-corrected chi connectivity index (χ4v) is 2.51. The van der Waals surface area contributed by atoms with E-state index in [1.165, 1.54) is 5.56 Å². The van der Waals surface area contributed by atoms with Crippen LogP contribution < -0.4 is 20.7 Å². The predicted octanol–water partition coefficient (Wildman–Crippen LogP) is 1.93. The second kappa shape index (κ2) is 8.20. The third-order valence-electron chi connectivity index (χ3n) is 3.58. The summed E-state index contributed by atoms with van der Waals surface area (Å²) >= 11 is 0. The van der Waals surface area contributed by atoms with Crippen LogP contribution in [0.1, 0.15) is 33.3 Å². The average molecular weight is 318 g/mol. The lowest BCUT2D eigenvalue weighted by molar-refractivity contribution is 0.241. The summed E-state index contributed by atoms with van der Waals surface area (Å²) in [7, 11) is 0.